The van der Waals surface area contributed by atoms with Crippen molar-refractivity contribution in [1.29, 1.82) is 0 Å². The van der Waals surface area contributed by atoms with Gasteiger partial charge in [-0.05, 0) is 44.9 Å². The molecule has 0 spiro atoms. The van der Waals surface area contributed by atoms with E-state index in [1.54, 1.807) is 0 Å². The number of rotatable bonds is 6. The smallest absolute Gasteiger partial charge is 0.277 e. The van der Waals surface area contributed by atoms with Crippen LogP contribution in [0.2, 0.25) is 0 Å². The molecule has 2 aliphatic heterocycles. The molecule has 27 heavy (non-hydrogen) atoms. The van der Waals surface area contributed by atoms with Gasteiger partial charge in [-0.3, -0.25) is 14.5 Å². The molecule has 0 saturated carbocycles. The molecule has 0 bridgehead atoms. The highest BCUT2D eigenvalue weighted by atomic mass is 16.5. The standard InChI is InChI=1S/C21H28N2O4/c1-5-11-26-17-9-7-16(8-10-17)18-19(21(25)23(6-2)20(18)24)22-12-14(3)27-15(4)13-22/h7-10,14-15H,5-6,11-13H2,1-4H3. The number of hydrogen-bond donors (Lipinski definition) is 0. The predicted molar refractivity (Wildman–Crippen MR) is 103 cm³/mol. The van der Waals surface area contributed by atoms with Crippen molar-refractivity contribution in [3.8, 4) is 5.75 Å². The molecule has 2 atom stereocenters. The largest absolute Gasteiger partial charge is 0.494 e. The molecule has 0 aliphatic carbocycles. The minimum absolute atomic E-state index is 0.00546. The van der Waals surface area contributed by atoms with E-state index < -0.39 is 0 Å². The number of ether oxygens (including phenoxy) is 2. The number of benzene rings is 1. The van der Waals surface area contributed by atoms with Crippen LogP contribution in [0.4, 0.5) is 0 Å². The maximum atomic E-state index is 13.0. The number of carbonyl (C=O) groups excluding carboxylic acids is 2. The van der Waals surface area contributed by atoms with Crippen molar-refractivity contribution < 1.29 is 19.1 Å². The molecule has 2 amide bonds. The first-order chi connectivity index (χ1) is 13.0. The van der Waals surface area contributed by atoms with Gasteiger partial charge in [-0.25, -0.2) is 0 Å². The van der Waals surface area contributed by atoms with E-state index in [2.05, 4.69) is 6.92 Å². The normalized spacial score (nSPS) is 23.4. The van der Waals surface area contributed by atoms with Crippen LogP contribution in [0.25, 0.3) is 5.57 Å². The van der Waals surface area contributed by atoms with Crippen LogP contribution in [-0.4, -0.2) is 60.1 Å². The maximum absolute atomic E-state index is 13.0. The molecular weight excluding hydrogens is 344 g/mol. The molecule has 0 N–H and O–H groups in total. The highest BCUT2D eigenvalue weighted by Gasteiger charge is 2.42. The molecule has 1 aromatic rings. The van der Waals surface area contributed by atoms with Crippen LogP contribution >= 0.6 is 0 Å². The quantitative estimate of drug-likeness (QED) is 0.719. The lowest BCUT2D eigenvalue weighted by atomic mass is 10.0. The van der Waals surface area contributed by atoms with Gasteiger partial charge in [-0.1, -0.05) is 19.1 Å². The summed E-state index contributed by atoms with van der Waals surface area (Å²) in [7, 11) is 0. The van der Waals surface area contributed by atoms with E-state index in [-0.39, 0.29) is 24.0 Å². The first-order valence-electron chi connectivity index (χ1n) is 9.70. The van der Waals surface area contributed by atoms with Gasteiger partial charge in [-0.2, -0.15) is 0 Å². The Morgan fingerprint density at radius 2 is 1.67 bits per heavy atom. The van der Waals surface area contributed by atoms with Crippen LogP contribution in [0.15, 0.2) is 30.0 Å². The van der Waals surface area contributed by atoms with Crippen LogP contribution in [0, 0.1) is 0 Å². The van der Waals surface area contributed by atoms with E-state index in [4.69, 9.17) is 9.47 Å². The van der Waals surface area contributed by atoms with Crippen molar-refractivity contribution in [3.05, 3.63) is 35.5 Å². The SMILES string of the molecule is CCCOc1ccc(C2=C(N3CC(C)OC(C)C3)C(=O)N(CC)C2=O)cc1. The number of amides is 2. The molecule has 1 saturated heterocycles. The molecule has 2 aliphatic rings. The summed E-state index contributed by atoms with van der Waals surface area (Å²) in [6.07, 6.45) is 0.944. The molecule has 6 nitrogen and oxygen atoms in total. The Kier molecular flexibility index (Phi) is 5.85. The minimum atomic E-state index is -0.230. The Balaban J connectivity index is 1.99. The molecule has 3 rings (SSSR count). The molecule has 146 valence electrons. The van der Waals surface area contributed by atoms with Crippen molar-refractivity contribution in [3.63, 3.8) is 0 Å². The van der Waals surface area contributed by atoms with E-state index >= 15 is 0 Å². The van der Waals surface area contributed by atoms with Gasteiger partial charge < -0.3 is 14.4 Å². The summed E-state index contributed by atoms with van der Waals surface area (Å²) < 4.78 is 11.4. The number of likely N-dealkylation sites (N-methyl/N-ethyl adjacent to an activating group) is 1. The van der Waals surface area contributed by atoms with E-state index in [0.29, 0.717) is 37.5 Å². The summed E-state index contributed by atoms with van der Waals surface area (Å²) in [6, 6.07) is 7.43. The second-order valence-corrected chi connectivity index (χ2v) is 7.11. The highest BCUT2D eigenvalue weighted by Crippen LogP contribution is 2.33. The monoisotopic (exact) mass is 372 g/mol. The van der Waals surface area contributed by atoms with Gasteiger partial charge in [-0.15, -0.1) is 0 Å². The van der Waals surface area contributed by atoms with Crippen LogP contribution in [-0.2, 0) is 14.3 Å². The minimum Gasteiger partial charge on any atom is -0.494 e. The number of morpholine rings is 1. The Labute approximate surface area is 160 Å². The average molecular weight is 372 g/mol. The van der Waals surface area contributed by atoms with Crippen molar-refractivity contribution in [1.82, 2.24) is 9.80 Å². The lowest BCUT2D eigenvalue weighted by molar-refractivity contribution is -0.138. The maximum Gasteiger partial charge on any atom is 0.277 e. The zero-order valence-corrected chi connectivity index (χ0v) is 16.5. The third kappa shape index (κ3) is 3.86. The second-order valence-electron chi connectivity index (χ2n) is 7.11. The van der Waals surface area contributed by atoms with Gasteiger partial charge in [0.2, 0.25) is 0 Å². The van der Waals surface area contributed by atoms with Gasteiger partial charge in [0.15, 0.2) is 0 Å². The van der Waals surface area contributed by atoms with E-state index in [1.807, 2.05) is 49.9 Å². The van der Waals surface area contributed by atoms with Gasteiger partial charge in [0.05, 0.1) is 24.4 Å². The zero-order valence-electron chi connectivity index (χ0n) is 16.5. The lowest BCUT2D eigenvalue weighted by Crippen LogP contribution is -2.46. The zero-order chi connectivity index (χ0) is 19.6. The average Bonchev–Trinajstić information content (AvgIpc) is 2.89. The Bertz CT molecular complexity index is 731. The number of hydrogen-bond acceptors (Lipinski definition) is 5. The van der Waals surface area contributed by atoms with Crippen LogP contribution in [0.3, 0.4) is 0 Å². The lowest BCUT2D eigenvalue weighted by Gasteiger charge is -2.37. The summed E-state index contributed by atoms with van der Waals surface area (Å²) in [5.74, 6) is 0.317. The third-order valence-electron chi connectivity index (χ3n) is 4.81. The Hall–Kier alpha value is -2.34. The first kappa shape index (κ1) is 19.4. The topological polar surface area (TPSA) is 59.1 Å². The van der Waals surface area contributed by atoms with Crippen LogP contribution in [0.5, 0.6) is 5.75 Å². The summed E-state index contributed by atoms with van der Waals surface area (Å²) in [5.41, 5.74) is 1.71. The first-order valence-corrected chi connectivity index (χ1v) is 9.70. The molecule has 2 heterocycles. The predicted octanol–water partition coefficient (Wildman–Crippen LogP) is 2.68. The van der Waals surface area contributed by atoms with Crippen molar-refractivity contribution in [2.75, 3.05) is 26.2 Å². The molecule has 1 fully saturated rings. The van der Waals surface area contributed by atoms with E-state index in [9.17, 15) is 9.59 Å². The Morgan fingerprint density at radius 3 is 2.22 bits per heavy atom. The highest BCUT2D eigenvalue weighted by molar-refractivity contribution is 6.35. The molecule has 0 radical (unpaired) electrons. The van der Waals surface area contributed by atoms with Crippen molar-refractivity contribution >= 4 is 17.4 Å². The van der Waals surface area contributed by atoms with Crippen molar-refractivity contribution in [2.45, 2.75) is 46.3 Å². The molecule has 0 aromatic heterocycles. The van der Waals surface area contributed by atoms with Gasteiger partial charge in [0.25, 0.3) is 11.8 Å². The Morgan fingerprint density at radius 1 is 1.04 bits per heavy atom. The van der Waals surface area contributed by atoms with Gasteiger partial charge >= 0.3 is 0 Å². The van der Waals surface area contributed by atoms with Crippen molar-refractivity contribution in [2.24, 2.45) is 0 Å². The fourth-order valence-electron chi connectivity index (χ4n) is 3.70. The molecule has 2 unspecified atom stereocenters. The summed E-state index contributed by atoms with van der Waals surface area (Å²) >= 11 is 0. The summed E-state index contributed by atoms with van der Waals surface area (Å²) in [4.78, 5) is 29.3. The molecule has 6 heteroatoms. The number of imide groups is 1. The van der Waals surface area contributed by atoms with Gasteiger partial charge in [0, 0.05) is 19.6 Å². The third-order valence-corrected chi connectivity index (χ3v) is 4.81. The molecular formula is C21H28N2O4. The molecule has 1 aromatic carbocycles. The van der Waals surface area contributed by atoms with Crippen LogP contribution < -0.4 is 4.74 Å². The second kappa shape index (κ2) is 8.13. The van der Waals surface area contributed by atoms with E-state index in [1.165, 1.54) is 4.90 Å². The fraction of sp³-hybridized carbons (Fsp3) is 0.524. The number of nitrogens with zero attached hydrogens (tertiary/aromatic N) is 2. The van der Waals surface area contributed by atoms with E-state index in [0.717, 1.165) is 17.7 Å². The van der Waals surface area contributed by atoms with Crippen LogP contribution in [0.1, 0.15) is 39.7 Å². The summed E-state index contributed by atoms with van der Waals surface area (Å²) in [6.45, 7) is 10.0. The number of carbonyl (C=O) groups is 2. The summed E-state index contributed by atoms with van der Waals surface area (Å²) in [5, 5.41) is 0. The van der Waals surface area contributed by atoms with Gasteiger partial charge in [0.1, 0.15) is 11.4 Å². The fourth-order valence-corrected chi connectivity index (χ4v) is 3.70.